The van der Waals surface area contributed by atoms with Gasteiger partial charge in [0.05, 0.1) is 40.3 Å². The molecule has 0 aromatic heterocycles. The number of rotatable bonds is 46. The van der Waals surface area contributed by atoms with E-state index in [1.807, 2.05) is 0 Å². The summed E-state index contributed by atoms with van der Waals surface area (Å²) in [6.07, 6.45) is 46.7. The third-order valence-corrected chi connectivity index (χ3v) is 11.7. The molecular formula is C51H97NO7. The van der Waals surface area contributed by atoms with Crippen LogP contribution in [0.3, 0.4) is 0 Å². The summed E-state index contributed by atoms with van der Waals surface area (Å²) in [5.74, 6) is -1.72. The quantitative estimate of drug-likeness (QED) is 0.0260. The molecule has 0 fully saturated rings. The van der Waals surface area contributed by atoms with Gasteiger partial charge in [0.15, 0.2) is 6.10 Å². The molecule has 0 saturated carbocycles. The Morgan fingerprint density at radius 2 is 0.847 bits per heavy atom. The Balaban J connectivity index is 4.15. The van der Waals surface area contributed by atoms with Crippen LogP contribution in [0.2, 0.25) is 0 Å². The third kappa shape index (κ3) is 41.2. The summed E-state index contributed by atoms with van der Waals surface area (Å²) >= 11 is 0. The molecule has 0 N–H and O–H groups in total. The minimum atomic E-state index is -1.12. The van der Waals surface area contributed by atoms with Crippen LogP contribution in [-0.2, 0) is 28.6 Å². The number of unbranched alkanes of at least 4 members (excludes halogenated alkanes) is 30. The van der Waals surface area contributed by atoms with Crippen LogP contribution in [-0.4, -0.2) is 75.5 Å². The van der Waals surface area contributed by atoms with E-state index in [1.165, 1.54) is 173 Å². The highest BCUT2D eigenvalue weighted by Crippen LogP contribution is 2.16. The minimum absolute atomic E-state index is 0.0452. The smallest absolute Gasteiger partial charge is 0.306 e. The molecule has 0 heterocycles. The number of aliphatic carboxylic acids is 1. The Labute approximate surface area is 365 Å². The van der Waals surface area contributed by atoms with E-state index in [9.17, 15) is 19.5 Å². The highest BCUT2D eigenvalue weighted by atomic mass is 16.6. The number of allylic oxidation sites excluding steroid dienone is 2. The van der Waals surface area contributed by atoms with Gasteiger partial charge in [-0.25, -0.2) is 0 Å². The first-order chi connectivity index (χ1) is 28.6. The van der Waals surface area contributed by atoms with Crippen LogP contribution < -0.4 is 5.11 Å². The van der Waals surface area contributed by atoms with E-state index >= 15 is 0 Å². The van der Waals surface area contributed by atoms with Gasteiger partial charge in [-0.3, -0.25) is 9.59 Å². The maximum Gasteiger partial charge on any atom is 0.306 e. The largest absolute Gasteiger partial charge is 0.544 e. The lowest BCUT2D eigenvalue weighted by molar-refractivity contribution is -0.889. The van der Waals surface area contributed by atoms with Crippen molar-refractivity contribution in [3.05, 3.63) is 12.2 Å². The number of ether oxygens (including phenoxy) is 3. The van der Waals surface area contributed by atoms with E-state index in [0.717, 1.165) is 38.5 Å². The van der Waals surface area contributed by atoms with Gasteiger partial charge in [-0.15, -0.1) is 0 Å². The highest BCUT2D eigenvalue weighted by molar-refractivity contribution is 5.70. The van der Waals surface area contributed by atoms with Crippen molar-refractivity contribution in [3.63, 3.8) is 0 Å². The van der Waals surface area contributed by atoms with Crippen molar-refractivity contribution in [3.8, 4) is 0 Å². The molecule has 8 heteroatoms. The Kier molecular flexibility index (Phi) is 41.3. The van der Waals surface area contributed by atoms with Crippen molar-refractivity contribution in [2.75, 3.05) is 41.0 Å². The van der Waals surface area contributed by atoms with Gasteiger partial charge in [-0.05, 0) is 38.5 Å². The van der Waals surface area contributed by atoms with Crippen molar-refractivity contribution in [1.29, 1.82) is 0 Å². The molecule has 348 valence electrons. The van der Waals surface area contributed by atoms with Gasteiger partial charge < -0.3 is 28.6 Å². The van der Waals surface area contributed by atoms with E-state index in [1.54, 1.807) is 21.1 Å². The van der Waals surface area contributed by atoms with Crippen molar-refractivity contribution in [2.24, 2.45) is 0 Å². The lowest BCUT2D eigenvalue weighted by atomic mass is 10.0. The number of hydrogen-bond donors (Lipinski definition) is 0. The normalized spacial score (nSPS) is 12.9. The van der Waals surface area contributed by atoms with Crippen LogP contribution in [0.4, 0.5) is 0 Å². The number of carboxylic acid groups (broad SMARTS) is 1. The molecule has 0 spiro atoms. The molecule has 2 atom stereocenters. The molecule has 0 radical (unpaired) electrons. The molecular weight excluding hydrogens is 739 g/mol. The van der Waals surface area contributed by atoms with Gasteiger partial charge in [0.2, 0.25) is 0 Å². The van der Waals surface area contributed by atoms with Gasteiger partial charge in [0, 0.05) is 19.3 Å². The zero-order valence-corrected chi connectivity index (χ0v) is 39.7. The lowest BCUT2D eigenvalue weighted by Crippen LogP contribution is -2.55. The zero-order valence-electron chi connectivity index (χ0n) is 39.7. The molecule has 0 rings (SSSR count). The Morgan fingerprint density at radius 1 is 0.492 bits per heavy atom. The molecule has 0 bridgehead atoms. The summed E-state index contributed by atoms with van der Waals surface area (Å²) in [4.78, 5) is 36.9. The second-order valence-electron chi connectivity index (χ2n) is 18.4. The molecule has 0 aliphatic heterocycles. The first-order valence-corrected chi connectivity index (χ1v) is 25.2. The van der Waals surface area contributed by atoms with Gasteiger partial charge >= 0.3 is 11.9 Å². The number of quaternary nitrogens is 1. The second-order valence-corrected chi connectivity index (χ2v) is 18.4. The van der Waals surface area contributed by atoms with Crippen molar-refractivity contribution in [1.82, 2.24) is 0 Å². The molecule has 59 heavy (non-hydrogen) atoms. The average molecular weight is 836 g/mol. The van der Waals surface area contributed by atoms with E-state index in [4.69, 9.17) is 14.2 Å². The topological polar surface area (TPSA) is 102 Å². The van der Waals surface area contributed by atoms with Crippen molar-refractivity contribution >= 4 is 17.9 Å². The number of carboxylic acids is 1. The Hall–Kier alpha value is -1.93. The highest BCUT2D eigenvalue weighted by Gasteiger charge is 2.25. The van der Waals surface area contributed by atoms with Crippen LogP contribution in [0.25, 0.3) is 0 Å². The van der Waals surface area contributed by atoms with Crippen LogP contribution in [0.5, 0.6) is 0 Å². The zero-order chi connectivity index (χ0) is 43.5. The SMILES string of the molecule is CCCCCCCCCCCCCC/C=C/CCCCCCCCCC(=O)OCC(COCCC(C(=O)[O-])[N+](C)(C)C)OC(=O)CCCCCCCCCCCCCC. The number of esters is 2. The predicted molar refractivity (Wildman–Crippen MR) is 245 cm³/mol. The maximum absolute atomic E-state index is 12.7. The van der Waals surface area contributed by atoms with Crippen LogP contribution in [0.15, 0.2) is 12.2 Å². The summed E-state index contributed by atoms with van der Waals surface area (Å²) in [5, 5.41) is 11.6. The third-order valence-electron chi connectivity index (χ3n) is 11.7. The van der Waals surface area contributed by atoms with Crippen LogP contribution in [0.1, 0.15) is 245 Å². The summed E-state index contributed by atoms with van der Waals surface area (Å²) in [7, 11) is 5.42. The van der Waals surface area contributed by atoms with Crippen molar-refractivity contribution in [2.45, 2.75) is 257 Å². The first kappa shape index (κ1) is 57.1. The summed E-state index contributed by atoms with van der Waals surface area (Å²) in [6, 6.07) is -0.722. The molecule has 0 aliphatic rings. The first-order valence-electron chi connectivity index (χ1n) is 25.2. The number of carbonyl (C=O) groups excluding carboxylic acids is 3. The summed E-state index contributed by atoms with van der Waals surface area (Å²) in [6.45, 7) is 4.69. The summed E-state index contributed by atoms with van der Waals surface area (Å²) < 4.78 is 17.2. The Morgan fingerprint density at radius 3 is 1.22 bits per heavy atom. The van der Waals surface area contributed by atoms with Gasteiger partial charge in [-0.2, -0.15) is 0 Å². The summed E-state index contributed by atoms with van der Waals surface area (Å²) in [5.41, 5.74) is 0. The molecule has 0 saturated heterocycles. The number of carbonyl (C=O) groups is 3. The van der Waals surface area contributed by atoms with E-state index in [-0.39, 0.29) is 42.7 Å². The van der Waals surface area contributed by atoms with Gasteiger partial charge in [0.25, 0.3) is 0 Å². The van der Waals surface area contributed by atoms with E-state index in [2.05, 4.69) is 26.0 Å². The molecule has 8 nitrogen and oxygen atoms in total. The molecule has 0 amide bonds. The van der Waals surface area contributed by atoms with Gasteiger partial charge in [-0.1, -0.05) is 199 Å². The van der Waals surface area contributed by atoms with Crippen molar-refractivity contribution < 1.29 is 38.2 Å². The average Bonchev–Trinajstić information content (AvgIpc) is 3.19. The van der Waals surface area contributed by atoms with Crippen LogP contribution >= 0.6 is 0 Å². The molecule has 0 aromatic carbocycles. The Bertz CT molecular complexity index is 978. The fourth-order valence-electron chi connectivity index (χ4n) is 7.71. The lowest BCUT2D eigenvalue weighted by Gasteiger charge is -2.34. The fraction of sp³-hybridized carbons (Fsp3) is 0.902. The fourth-order valence-corrected chi connectivity index (χ4v) is 7.71. The van der Waals surface area contributed by atoms with Gasteiger partial charge in [0.1, 0.15) is 12.6 Å². The standard InChI is InChI=1S/C51H97NO7/c1-6-8-10-12-14-16-18-20-21-22-23-24-25-26-27-28-29-30-32-33-35-37-39-41-49(53)58-46-47(45-57-44-43-48(51(55)56)52(3,4)5)59-50(54)42-40-38-36-34-31-19-17-15-13-11-9-7-2/h26-27,47-48H,6-25,28-46H2,1-5H3/b27-26+. The monoisotopic (exact) mass is 836 g/mol. The molecule has 0 aliphatic carbocycles. The molecule has 0 aromatic rings. The van der Waals surface area contributed by atoms with E-state index in [0.29, 0.717) is 12.8 Å². The second kappa shape index (κ2) is 42.7. The number of nitrogens with zero attached hydrogens (tertiary/aromatic N) is 1. The van der Waals surface area contributed by atoms with Crippen LogP contribution in [0, 0.1) is 0 Å². The van der Waals surface area contributed by atoms with E-state index < -0.39 is 18.1 Å². The maximum atomic E-state index is 12.7. The predicted octanol–water partition coefficient (Wildman–Crippen LogP) is 12.9. The minimum Gasteiger partial charge on any atom is -0.544 e. The number of hydrogen-bond acceptors (Lipinski definition) is 7. The molecule has 2 unspecified atom stereocenters. The number of likely N-dealkylation sites (N-methyl/N-ethyl adjacent to an activating group) is 1.